The summed E-state index contributed by atoms with van der Waals surface area (Å²) in [7, 11) is 0. The summed E-state index contributed by atoms with van der Waals surface area (Å²) in [6.07, 6.45) is -0.268. The van der Waals surface area contributed by atoms with Crippen molar-refractivity contribution in [1.82, 2.24) is 0 Å². The van der Waals surface area contributed by atoms with Gasteiger partial charge in [-0.3, -0.25) is 14.9 Å². The Morgan fingerprint density at radius 2 is 2.12 bits per heavy atom. The summed E-state index contributed by atoms with van der Waals surface area (Å²) in [5, 5.41) is 10.5. The van der Waals surface area contributed by atoms with Crippen molar-refractivity contribution in [3.63, 3.8) is 0 Å². The molecule has 0 radical (unpaired) electrons. The standard InChI is InChI=1S/C11H11NO5/c1-7(13)16-6-10-11(17-10)8-2-4-9(5-3-8)12(14)15/h2-5,10-11H,6H2,1H3/t10-,11-/m1/s1. The van der Waals surface area contributed by atoms with Crippen LogP contribution in [0.2, 0.25) is 0 Å². The fourth-order valence-electron chi connectivity index (χ4n) is 1.55. The minimum absolute atomic E-state index is 0.0472. The molecule has 0 N–H and O–H groups in total. The second-order valence-corrected chi connectivity index (χ2v) is 3.75. The Balaban J connectivity index is 1.92. The maximum atomic E-state index is 10.6. The van der Waals surface area contributed by atoms with E-state index in [0.29, 0.717) is 0 Å². The van der Waals surface area contributed by atoms with Crippen LogP contribution in [0.1, 0.15) is 18.6 Å². The zero-order valence-electron chi connectivity index (χ0n) is 9.16. The molecule has 0 spiro atoms. The topological polar surface area (TPSA) is 82.0 Å². The molecule has 1 aliphatic heterocycles. The molecular weight excluding hydrogens is 226 g/mol. The fourth-order valence-corrected chi connectivity index (χ4v) is 1.55. The van der Waals surface area contributed by atoms with Gasteiger partial charge in [-0.05, 0) is 17.7 Å². The van der Waals surface area contributed by atoms with Gasteiger partial charge in [0.25, 0.3) is 5.69 Å². The van der Waals surface area contributed by atoms with Crippen molar-refractivity contribution in [2.45, 2.75) is 19.1 Å². The van der Waals surface area contributed by atoms with Gasteiger partial charge in [-0.1, -0.05) is 0 Å². The van der Waals surface area contributed by atoms with E-state index in [9.17, 15) is 14.9 Å². The van der Waals surface area contributed by atoms with Crippen LogP contribution >= 0.6 is 0 Å². The summed E-state index contributed by atoms with van der Waals surface area (Å²) in [6, 6.07) is 6.16. The zero-order chi connectivity index (χ0) is 12.4. The van der Waals surface area contributed by atoms with Gasteiger partial charge in [0.2, 0.25) is 0 Å². The number of carbonyl (C=O) groups excluding carboxylic acids is 1. The lowest BCUT2D eigenvalue weighted by atomic mass is 10.1. The number of non-ortho nitro benzene ring substituents is 1. The molecule has 0 unspecified atom stereocenters. The Kier molecular flexibility index (Phi) is 3.06. The number of benzene rings is 1. The lowest BCUT2D eigenvalue weighted by Gasteiger charge is -1.98. The number of rotatable bonds is 4. The van der Waals surface area contributed by atoms with Crippen molar-refractivity contribution in [1.29, 1.82) is 0 Å². The number of ether oxygens (including phenoxy) is 2. The van der Waals surface area contributed by atoms with E-state index in [2.05, 4.69) is 0 Å². The summed E-state index contributed by atoms with van der Waals surface area (Å²) in [5.41, 5.74) is 0.902. The molecule has 17 heavy (non-hydrogen) atoms. The largest absolute Gasteiger partial charge is 0.463 e. The van der Waals surface area contributed by atoms with Crippen molar-refractivity contribution >= 4 is 11.7 Å². The van der Waals surface area contributed by atoms with Crippen molar-refractivity contribution in [3.05, 3.63) is 39.9 Å². The molecule has 2 atom stereocenters. The lowest BCUT2D eigenvalue weighted by Crippen LogP contribution is -2.06. The van der Waals surface area contributed by atoms with Gasteiger partial charge in [-0.25, -0.2) is 0 Å². The second-order valence-electron chi connectivity index (χ2n) is 3.75. The van der Waals surface area contributed by atoms with Gasteiger partial charge < -0.3 is 9.47 Å². The first-order valence-electron chi connectivity index (χ1n) is 5.11. The molecule has 1 saturated heterocycles. The number of hydrogen-bond acceptors (Lipinski definition) is 5. The third kappa shape index (κ3) is 2.79. The van der Waals surface area contributed by atoms with E-state index in [4.69, 9.17) is 9.47 Å². The highest BCUT2D eigenvalue weighted by atomic mass is 16.6. The first kappa shape index (κ1) is 11.5. The van der Waals surface area contributed by atoms with Crippen molar-refractivity contribution < 1.29 is 19.2 Å². The minimum Gasteiger partial charge on any atom is -0.463 e. The lowest BCUT2D eigenvalue weighted by molar-refractivity contribution is -0.384. The molecule has 0 amide bonds. The molecule has 2 rings (SSSR count). The van der Waals surface area contributed by atoms with E-state index in [1.165, 1.54) is 19.1 Å². The molecule has 0 bridgehead atoms. The van der Waals surface area contributed by atoms with Gasteiger partial charge in [0.15, 0.2) is 0 Å². The highest BCUT2D eigenvalue weighted by Gasteiger charge is 2.41. The maximum Gasteiger partial charge on any atom is 0.302 e. The van der Waals surface area contributed by atoms with Crippen LogP contribution in [0.15, 0.2) is 24.3 Å². The van der Waals surface area contributed by atoms with Crippen molar-refractivity contribution in [2.75, 3.05) is 6.61 Å². The predicted molar refractivity (Wildman–Crippen MR) is 57.3 cm³/mol. The molecule has 6 heteroatoms. The van der Waals surface area contributed by atoms with Gasteiger partial charge in [0, 0.05) is 19.1 Å². The van der Waals surface area contributed by atoms with E-state index < -0.39 is 4.92 Å². The molecule has 0 saturated carbocycles. The average molecular weight is 237 g/mol. The normalized spacial score (nSPS) is 21.9. The smallest absolute Gasteiger partial charge is 0.302 e. The third-order valence-electron chi connectivity index (χ3n) is 2.47. The van der Waals surface area contributed by atoms with Gasteiger partial charge in [0.1, 0.15) is 18.8 Å². The number of hydrogen-bond donors (Lipinski definition) is 0. The maximum absolute atomic E-state index is 10.6. The van der Waals surface area contributed by atoms with Crippen LogP contribution in [-0.4, -0.2) is 23.6 Å². The minimum atomic E-state index is -0.451. The van der Waals surface area contributed by atoms with Crippen LogP contribution in [0.4, 0.5) is 5.69 Å². The van der Waals surface area contributed by atoms with Crippen LogP contribution in [-0.2, 0) is 14.3 Å². The first-order chi connectivity index (χ1) is 8.08. The Hall–Kier alpha value is -1.95. The number of nitro groups is 1. The Labute approximate surface area is 97.3 Å². The number of nitro benzene ring substituents is 1. The van der Waals surface area contributed by atoms with Gasteiger partial charge in [0.05, 0.1) is 4.92 Å². The molecule has 90 valence electrons. The number of esters is 1. The summed E-state index contributed by atoms with van der Waals surface area (Å²) in [5.74, 6) is -0.344. The van der Waals surface area contributed by atoms with Crippen LogP contribution in [0.3, 0.4) is 0 Å². The van der Waals surface area contributed by atoms with E-state index in [1.807, 2.05) is 0 Å². The van der Waals surface area contributed by atoms with Crippen LogP contribution in [0.25, 0.3) is 0 Å². The fraction of sp³-hybridized carbons (Fsp3) is 0.364. The Morgan fingerprint density at radius 3 is 2.65 bits per heavy atom. The van der Waals surface area contributed by atoms with E-state index >= 15 is 0 Å². The number of nitrogens with zero attached hydrogens (tertiary/aromatic N) is 1. The van der Waals surface area contributed by atoms with Crippen LogP contribution in [0, 0.1) is 10.1 Å². The average Bonchev–Trinajstić information content (AvgIpc) is 3.06. The van der Waals surface area contributed by atoms with Gasteiger partial charge >= 0.3 is 5.97 Å². The van der Waals surface area contributed by atoms with Crippen LogP contribution < -0.4 is 0 Å². The Morgan fingerprint density at radius 1 is 1.47 bits per heavy atom. The highest BCUT2D eigenvalue weighted by molar-refractivity contribution is 5.65. The monoisotopic (exact) mass is 237 g/mol. The van der Waals surface area contributed by atoms with Crippen molar-refractivity contribution in [2.24, 2.45) is 0 Å². The quantitative estimate of drug-likeness (QED) is 0.344. The van der Waals surface area contributed by atoms with Crippen LogP contribution in [0.5, 0.6) is 0 Å². The Bertz CT molecular complexity index is 442. The second kappa shape index (κ2) is 4.50. The zero-order valence-corrected chi connectivity index (χ0v) is 9.16. The number of epoxide rings is 1. The molecule has 6 nitrogen and oxygen atoms in total. The van der Waals surface area contributed by atoms with E-state index in [-0.39, 0.29) is 30.5 Å². The third-order valence-corrected chi connectivity index (χ3v) is 2.47. The molecular formula is C11H11NO5. The summed E-state index contributed by atoms with van der Waals surface area (Å²) >= 11 is 0. The SMILES string of the molecule is CC(=O)OC[C@H]1O[C@@H]1c1ccc([N+](=O)[O-])cc1. The van der Waals surface area contributed by atoms with Crippen molar-refractivity contribution in [3.8, 4) is 0 Å². The first-order valence-corrected chi connectivity index (χ1v) is 5.11. The molecule has 0 aromatic heterocycles. The van der Waals surface area contributed by atoms with E-state index in [0.717, 1.165) is 5.56 Å². The summed E-state index contributed by atoms with van der Waals surface area (Å²) in [6.45, 7) is 1.56. The van der Waals surface area contributed by atoms with E-state index in [1.54, 1.807) is 12.1 Å². The summed E-state index contributed by atoms with van der Waals surface area (Å²) in [4.78, 5) is 20.6. The molecule has 1 fully saturated rings. The summed E-state index contributed by atoms with van der Waals surface area (Å²) < 4.78 is 10.1. The molecule has 1 aliphatic rings. The molecule has 1 heterocycles. The molecule has 1 aromatic carbocycles. The molecule has 1 aromatic rings. The van der Waals surface area contributed by atoms with Gasteiger partial charge in [-0.2, -0.15) is 0 Å². The molecule has 0 aliphatic carbocycles. The van der Waals surface area contributed by atoms with Gasteiger partial charge in [-0.15, -0.1) is 0 Å². The predicted octanol–water partition coefficient (Wildman–Crippen LogP) is 1.60. The highest BCUT2D eigenvalue weighted by Crippen LogP contribution is 2.39. The number of carbonyl (C=O) groups is 1.